The second-order valence-corrected chi connectivity index (χ2v) is 5.59. The lowest BCUT2D eigenvalue weighted by Crippen LogP contribution is -2.51. The Hall–Kier alpha value is -1.79. The van der Waals surface area contributed by atoms with E-state index < -0.39 is 30.4 Å². The second kappa shape index (κ2) is 6.58. The van der Waals surface area contributed by atoms with Gasteiger partial charge in [-0.1, -0.05) is 20.3 Å². The van der Waals surface area contributed by atoms with Crippen LogP contribution in [-0.4, -0.2) is 52.2 Å². The van der Waals surface area contributed by atoms with Gasteiger partial charge < -0.3 is 20.4 Å². The summed E-state index contributed by atoms with van der Waals surface area (Å²) in [5.74, 6) is -2.59. The highest BCUT2D eigenvalue weighted by Crippen LogP contribution is 2.33. The van der Waals surface area contributed by atoms with E-state index in [1.54, 1.807) is 4.90 Å². The standard InChI is InChI=1S/C13H22N2O5/c1-3-13(2)4-6-15(7-5-13)12(20)14-9(11(18)19)8-10(16)17/h9H,3-8H2,1-2H3,(H,14,20)(H,16,17)(H,18,19)/t9-/m0/s1. The minimum Gasteiger partial charge on any atom is -0.481 e. The zero-order valence-electron chi connectivity index (χ0n) is 11.9. The number of aliphatic carboxylic acids is 2. The number of likely N-dealkylation sites (tertiary alicyclic amines) is 1. The van der Waals surface area contributed by atoms with Crippen LogP contribution in [0, 0.1) is 5.41 Å². The van der Waals surface area contributed by atoms with Crippen molar-refractivity contribution in [2.75, 3.05) is 13.1 Å². The van der Waals surface area contributed by atoms with E-state index in [1.165, 1.54) is 0 Å². The van der Waals surface area contributed by atoms with Crippen molar-refractivity contribution in [3.63, 3.8) is 0 Å². The lowest BCUT2D eigenvalue weighted by atomic mass is 9.78. The number of carbonyl (C=O) groups excluding carboxylic acids is 1. The van der Waals surface area contributed by atoms with Gasteiger partial charge in [0.15, 0.2) is 0 Å². The van der Waals surface area contributed by atoms with Crippen LogP contribution in [0.2, 0.25) is 0 Å². The molecule has 0 radical (unpaired) electrons. The highest BCUT2D eigenvalue weighted by atomic mass is 16.4. The van der Waals surface area contributed by atoms with Crippen LogP contribution < -0.4 is 5.32 Å². The predicted octanol–water partition coefficient (Wildman–Crippen LogP) is 1.14. The lowest BCUT2D eigenvalue weighted by Gasteiger charge is -2.39. The molecule has 1 aliphatic heterocycles. The van der Waals surface area contributed by atoms with E-state index >= 15 is 0 Å². The average Bonchev–Trinajstić information content (AvgIpc) is 2.38. The maximum Gasteiger partial charge on any atom is 0.326 e. The molecule has 1 rings (SSSR count). The molecule has 0 aliphatic carbocycles. The number of nitrogens with zero attached hydrogens (tertiary/aromatic N) is 1. The third-order valence-electron chi connectivity index (χ3n) is 4.09. The Labute approximate surface area is 117 Å². The summed E-state index contributed by atoms with van der Waals surface area (Å²) in [5, 5.41) is 19.8. The smallest absolute Gasteiger partial charge is 0.326 e. The van der Waals surface area contributed by atoms with Crippen molar-refractivity contribution in [2.24, 2.45) is 5.41 Å². The van der Waals surface area contributed by atoms with Gasteiger partial charge in [-0.2, -0.15) is 0 Å². The molecule has 0 aromatic carbocycles. The van der Waals surface area contributed by atoms with Gasteiger partial charge in [-0.05, 0) is 18.3 Å². The molecule has 114 valence electrons. The molecule has 1 heterocycles. The molecule has 0 saturated carbocycles. The number of carbonyl (C=O) groups is 3. The van der Waals surface area contributed by atoms with Crippen molar-refractivity contribution in [2.45, 2.75) is 45.6 Å². The molecule has 2 amide bonds. The predicted molar refractivity (Wildman–Crippen MR) is 71.4 cm³/mol. The number of amides is 2. The van der Waals surface area contributed by atoms with Crippen LogP contribution >= 0.6 is 0 Å². The lowest BCUT2D eigenvalue weighted by molar-refractivity contribution is -0.145. The van der Waals surface area contributed by atoms with Crippen molar-refractivity contribution in [3.8, 4) is 0 Å². The fraction of sp³-hybridized carbons (Fsp3) is 0.769. The van der Waals surface area contributed by atoms with Gasteiger partial charge in [0.2, 0.25) is 0 Å². The van der Waals surface area contributed by atoms with E-state index in [9.17, 15) is 14.4 Å². The van der Waals surface area contributed by atoms with Gasteiger partial charge in [0.25, 0.3) is 0 Å². The van der Waals surface area contributed by atoms with Crippen molar-refractivity contribution in [1.82, 2.24) is 10.2 Å². The van der Waals surface area contributed by atoms with Crippen LogP contribution in [0.1, 0.15) is 39.5 Å². The Balaban J connectivity index is 2.54. The van der Waals surface area contributed by atoms with Crippen LogP contribution in [0.4, 0.5) is 4.79 Å². The molecule has 7 nitrogen and oxygen atoms in total. The van der Waals surface area contributed by atoms with Crippen LogP contribution in [0.25, 0.3) is 0 Å². The van der Waals surface area contributed by atoms with E-state index in [1.807, 2.05) is 0 Å². The molecule has 20 heavy (non-hydrogen) atoms. The summed E-state index contributed by atoms with van der Waals surface area (Å²) < 4.78 is 0. The monoisotopic (exact) mass is 286 g/mol. The summed E-state index contributed by atoms with van der Waals surface area (Å²) in [5.41, 5.74) is 0.226. The van der Waals surface area contributed by atoms with Crippen LogP contribution in [0.15, 0.2) is 0 Å². The van der Waals surface area contributed by atoms with Gasteiger partial charge in [-0.25, -0.2) is 9.59 Å². The Kier molecular flexibility index (Phi) is 5.35. The number of hydrogen-bond donors (Lipinski definition) is 3. The van der Waals surface area contributed by atoms with Crippen molar-refractivity contribution in [3.05, 3.63) is 0 Å². The molecule has 1 aliphatic rings. The number of carboxylic acids is 2. The maximum absolute atomic E-state index is 12.0. The first-order valence-corrected chi connectivity index (χ1v) is 6.77. The van der Waals surface area contributed by atoms with E-state index in [0.717, 1.165) is 19.3 Å². The molecule has 1 saturated heterocycles. The normalized spacial score (nSPS) is 19.2. The van der Waals surface area contributed by atoms with Gasteiger partial charge in [0.1, 0.15) is 6.04 Å². The molecule has 0 unspecified atom stereocenters. The fourth-order valence-electron chi connectivity index (χ4n) is 2.22. The third-order valence-corrected chi connectivity index (χ3v) is 4.09. The van der Waals surface area contributed by atoms with E-state index in [-0.39, 0.29) is 5.41 Å². The molecule has 3 N–H and O–H groups in total. The quantitative estimate of drug-likeness (QED) is 0.702. The number of piperidine rings is 1. The van der Waals surface area contributed by atoms with Crippen LogP contribution in [0.3, 0.4) is 0 Å². The molecular formula is C13H22N2O5. The van der Waals surface area contributed by atoms with Crippen LogP contribution in [0.5, 0.6) is 0 Å². The second-order valence-electron chi connectivity index (χ2n) is 5.59. The summed E-state index contributed by atoms with van der Waals surface area (Å²) in [6.45, 7) is 5.42. The first-order valence-electron chi connectivity index (χ1n) is 6.77. The fourth-order valence-corrected chi connectivity index (χ4v) is 2.22. The van der Waals surface area contributed by atoms with Gasteiger partial charge in [-0.15, -0.1) is 0 Å². The number of hydrogen-bond acceptors (Lipinski definition) is 3. The van der Waals surface area contributed by atoms with Gasteiger partial charge in [0, 0.05) is 13.1 Å². The minimum absolute atomic E-state index is 0.226. The van der Waals surface area contributed by atoms with Crippen molar-refractivity contribution >= 4 is 18.0 Å². The molecular weight excluding hydrogens is 264 g/mol. The zero-order valence-corrected chi connectivity index (χ0v) is 11.9. The molecule has 0 aromatic heterocycles. The Morgan fingerprint density at radius 3 is 2.20 bits per heavy atom. The Morgan fingerprint density at radius 2 is 1.80 bits per heavy atom. The summed E-state index contributed by atoms with van der Waals surface area (Å²) in [6.07, 6.45) is 2.15. The maximum atomic E-state index is 12.0. The topological polar surface area (TPSA) is 107 Å². The van der Waals surface area contributed by atoms with Crippen molar-refractivity contribution in [1.29, 1.82) is 0 Å². The van der Waals surface area contributed by atoms with Gasteiger partial charge in [-0.3, -0.25) is 4.79 Å². The molecule has 1 atom stereocenters. The average molecular weight is 286 g/mol. The third kappa shape index (κ3) is 4.40. The Bertz CT molecular complexity index is 388. The highest BCUT2D eigenvalue weighted by Gasteiger charge is 2.32. The van der Waals surface area contributed by atoms with Crippen LogP contribution in [-0.2, 0) is 9.59 Å². The summed E-state index contributed by atoms with van der Waals surface area (Å²) in [4.78, 5) is 35.0. The van der Waals surface area contributed by atoms with E-state index in [0.29, 0.717) is 13.1 Å². The number of carboxylic acid groups (broad SMARTS) is 2. The first-order chi connectivity index (χ1) is 9.27. The molecule has 0 aromatic rings. The summed E-state index contributed by atoms with van der Waals surface area (Å²) in [6, 6.07) is -1.89. The summed E-state index contributed by atoms with van der Waals surface area (Å²) in [7, 11) is 0. The van der Waals surface area contributed by atoms with E-state index in [4.69, 9.17) is 10.2 Å². The molecule has 7 heteroatoms. The first kappa shape index (κ1) is 16.3. The van der Waals surface area contributed by atoms with Crippen molar-refractivity contribution < 1.29 is 24.6 Å². The molecule has 0 spiro atoms. The largest absolute Gasteiger partial charge is 0.481 e. The highest BCUT2D eigenvalue weighted by molar-refractivity contribution is 5.86. The summed E-state index contributed by atoms with van der Waals surface area (Å²) >= 11 is 0. The SMILES string of the molecule is CCC1(C)CCN(C(=O)N[C@@H](CC(=O)O)C(=O)O)CC1. The molecule has 0 bridgehead atoms. The molecule has 1 fully saturated rings. The number of rotatable bonds is 5. The van der Waals surface area contributed by atoms with Gasteiger partial charge >= 0.3 is 18.0 Å². The van der Waals surface area contributed by atoms with Gasteiger partial charge in [0.05, 0.1) is 6.42 Å². The minimum atomic E-state index is -1.39. The Morgan fingerprint density at radius 1 is 1.25 bits per heavy atom. The number of urea groups is 1. The zero-order chi connectivity index (χ0) is 15.3. The number of nitrogens with one attached hydrogen (secondary N) is 1. The van der Waals surface area contributed by atoms with E-state index in [2.05, 4.69) is 19.2 Å².